The second-order valence-corrected chi connectivity index (χ2v) is 4.24. The zero-order valence-electron chi connectivity index (χ0n) is 9.06. The summed E-state index contributed by atoms with van der Waals surface area (Å²) in [6.45, 7) is 2.08. The van der Waals surface area contributed by atoms with E-state index in [0.29, 0.717) is 5.56 Å². The topological polar surface area (TPSA) is 17.1 Å². The lowest BCUT2D eigenvalue weighted by molar-refractivity contribution is 0.112. The standard InChI is InChI=1S/C7H5BrO.C7H8/c8-7-3-1-2-6(4-7)5-9;1-7-5-3-2-4-6-7/h1-5H;2-6H,1H3. The highest BCUT2D eigenvalue weighted by Gasteiger charge is 1.87. The zero-order valence-corrected chi connectivity index (χ0v) is 10.6. The van der Waals surface area contributed by atoms with Crippen molar-refractivity contribution >= 4 is 22.2 Å². The number of halogens is 1. The van der Waals surface area contributed by atoms with Gasteiger partial charge in [0.1, 0.15) is 6.29 Å². The summed E-state index contributed by atoms with van der Waals surface area (Å²) < 4.78 is 0.937. The predicted octanol–water partition coefficient (Wildman–Crippen LogP) is 4.26. The molecule has 0 saturated heterocycles. The van der Waals surface area contributed by atoms with Gasteiger partial charge in [-0.2, -0.15) is 0 Å². The number of aldehydes is 1. The van der Waals surface area contributed by atoms with E-state index in [-0.39, 0.29) is 0 Å². The minimum Gasteiger partial charge on any atom is -0.298 e. The van der Waals surface area contributed by atoms with Crippen LogP contribution in [0.15, 0.2) is 59.1 Å². The molecule has 16 heavy (non-hydrogen) atoms. The van der Waals surface area contributed by atoms with Crippen LogP contribution in [0.1, 0.15) is 15.9 Å². The van der Waals surface area contributed by atoms with Gasteiger partial charge in [-0.05, 0) is 19.1 Å². The summed E-state index contributed by atoms with van der Waals surface area (Å²) >= 11 is 3.24. The molecule has 0 radical (unpaired) electrons. The van der Waals surface area contributed by atoms with Crippen LogP contribution < -0.4 is 0 Å². The smallest absolute Gasteiger partial charge is 0.150 e. The number of hydrogen-bond acceptors (Lipinski definition) is 1. The Kier molecular flexibility index (Phi) is 5.51. The third-order valence-electron chi connectivity index (χ3n) is 1.93. The third-order valence-corrected chi connectivity index (χ3v) is 2.42. The Bertz CT molecular complexity index is 437. The highest BCUT2D eigenvalue weighted by molar-refractivity contribution is 9.10. The van der Waals surface area contributed by atoms with Crippen molar-refractivity contribution in [2.75, 3.05) is 0 Å². The third kappa shape index (κ3) is 4.89. The summed E-state index contributed by atoms with van der Waals surface area (Å²) in [5.41, 5.74) is 2.02. The van der Waals surface area contributed by atoms with E-state index < -0.39 is 0 Å². The molecule has 0 aromatic heterocycles. The van der Waals surface area contributed by atoms with Gasteiger partial charge in [0, 0.05) is 10.0 Å². The molecule has 0 aliphatic rings. The Morgan fingerprint density at radius 2 is 1.69 bits per heavy atom. The van der Waals surface area contributed by atoms with Gasteiger partial charge in [0.2, 0.25) is 0 Å². The number of aryl methyl sites for hydroxylation is 1. The zero-order chi connectivity index (χ0) is 11.8. The monoisotopic (exact) mass is 276 g/mol. The van der Waals surface area contributed by atoms with Crippen LogP contribution in [0.25, 0.3) is 0 Å². The number of rotatable bonds is 1. The minimum atomic E-state index is 0.698. The van der Waals surface area contributed by atoms with E-state index in [1.807, 2.05) is 30.3 Å². The summed E-state index contributed by atoms with van der Waals surface area (Å²) in [4.78, 5) is 10.1. The van der Waals surface area contributed by atoms with Crippen molar-refractivity contribution in [3.05, 3.63) is 70.2 Å². The fourth-order valence-electron chi connectivity index (χ4n) is 1.11. The maximum atomic E-state index is 10.1. The molecule has 0 N–H and O–H groups in total. The first-order valence-electron chi connectivity index (χ1n) is 4.95. The van der Waals surface area contributed by atoms with Crippen LogP contribution in [0.3, 0.4) is 0 Å². The maximum Gasteiger partial charge on any atom is 0.150 e. The van der Waals surface area contributed by atoms with Crippen LogP contribution in [0.5, 0.6) is 0 Å². The van der Waals surface area contributed by atoms with Gasteiger partial charge in [0.25, 0.3) is 0 Å². The first kappa shape index (κ1) is 12.7. The fourth-order valence-corrected chi connectivity index (χ4v) is 1.53. The van der Waals surface area contributed by atoms with Crippen LogP contribution in [-0.2, 0) is 0 Å². The molecule has 2 aromatic carbocycles. The summed E-state index contributed by atoms with van der Waals surface area (Å²) in [6, 6.07) is 17.5. The summed E-state index contributed by atoms with van der Waals surface area (Å²) in [5.74, 6) is 0. The highest BCUT2D eigenvalue weighted by Crippen LogP contribution is 2.09. The number of carbonyl (C=O) groups is 1. The lowest BCUT2D eigenvalue weighted by Crippen LogP contribution is -1.75. The summed E-state index contributed by atoms with van der Waals surface area (Å²) in [5, 5.41) is 0. The molecule has 2 aromatic rings. The molecule has 0 bridgehead atoms. The van der Waals surface area contributed by atoms with Crippen molar-refractivity contribution in [3.63, 3.8) is 0 Å². The van der Waals surface area contributed by atoms with Crippen molar-refractivity contribution in [3.8, 4) is 0 Å². The van der Waals surface area contributed by atoms with E-state index >= 15 is 0 Å². The Balaban J connectivity index is 0.000000165. The van der Waals surface area contributed by atoms with Crippen LogP contribution in [0, 0.1) is 6.92 Å². The van der Waals surface area contributed by atoms with Crippen molar-refractivity contribution in [1.82, 2.24) is 0 Å². The average Bonchev–Trinajstić information content (AvgIpc) is 2.31. The Morgan fingerprint density at radius 3 is 2.06 bits per heavy atom. The lowest BCUT2D eigenvalue weighted by Gasteiger charge is -1.88. The van der Waals surface area contributed by atoms with Crippen LogP contribution >= 0.6 is 15.9 Å². The number of hydrogen-bond donors (Lipinski definition) is 0. The van der Waals surface area contributed by atoms with Crippen molar-refractivity contribution in [2.45, 2.75) is 6.92 Å². The minimum absolute atomic E-state index is 0.698. The molecule has 0 aliphatic carbocycles. The van der Waals surface area contributed by atoms with E-state index in [0.717, 1.165) is 10.8 Å². The molecule has 1 nitrogen and oxygen atoms in total. The molecule has 0 aliphatic heterocycles. The molecule has 82 valence electrons. The van der Waals surface area contributed by atoms with E-state index in [4.69, 9.17) is 0 Å². The van der Waals surface area contributed by atoms with Gasteiger partial charge in [0.15, 0.2) is 0 Å². The largest absolute Gasteiger partial charge is 0.298 e. The lowest BCUT2D eigenvalue weighted by atomic mass is 10.2. The van der Waals surface area contributed by atoms with E-state index in [2.05, 4.69) is 35.0 Å². The summed E-state index contributed by atoms with van der Waals surface area (Å²) in [7, 11) is 0. The molecule has 0 amide bonds. The second kappa shape index (κ2) is 6.96. The molecule has 0 saturated carbocycles. The Labute approximate surface area is 104 Å². The first-order chi connectivity index (χ1) is 7.72. The van der Waals surface area contributed by atoms with Crippen LogP contribution in [0.2, 0.25) is 0 Å². The maximum absolute atomic E-state index is 10.1. The quantitative estimate of drug-likeness (QED) is 0.712. The van der Waals surface area contributed by atoms with Crippen LogP contribution in [0.4, 0.5) is 0 Å². The molecule has 0 spiro atoms. The molecular formula is C14H13BrO. The van der Waals surface area contributed by atoms with Gasteiger partial charge in [-0.25, -0.2) is 0 Å². The molecule has 2 heteroatoms. The van der Waals surface area contributed by atoms with E-state index in [9.17, 15) is 4.79 Å². The molecule has 0 unspecified atom stereocenters. The van der Waals surface area contributed by atoms with Gasteiger partial charge in [-0.3, -0.25) is 4.79 Å². The molecular weight excluding hydrogens is 264 g/mol. The van der Waals surface area contributed by atoms with Crippen molar-refractivity contribution < 1.29 is 4.79 Å². The Hall–Kier alpha value is -1.41. The van der Waals surface area contributed by atoms with Crippen LogP contribution in [-0.4, -0.2) is 6.29 Å². The normalized spacial score (nSPS) is 8.88. The second-order valence-electron chi connectivity index (χ2n) is 3.33. The molecule has 2 rings (SSSR count). The summed E-state index contributed by atoms with van der Waals surface area (Å²) in [6.07, 6.45) is 0.824. The fraction of sp³-hybridized carbons (Fsp3) is 0.0714. The SMILES string of the molecule is Cc1ccccc1.O=Cc1cccc(Br)c1. The molecule has 0 heterocycles. The number of carbonyl (C=O) groups excluding carboxylic acids is 1. The first-order valence-corrected chi connectivity index (χ1v) is 5.74. The van der Waals surface area contributed by atoms with Gasteiger partial charge in [0.05, 0.1) is 0 Å². The average molecular weight is 277 g/mol. The molecule has 0 fully saturated rings. The van der Waals surface area contributed by atoms with E-state index in [1.54, 1.807) is 12.1 Å². The molecule has 0 atom stereocenters. The van der Waals surface area contributed by atoms with Gasteiger partial charge in [-0.1, -0.05) is 64.0 Å². The van der Waals surface area contributed by atoms with Gasteiger partial charge < -0.3 is 0 Å². The van der Waals surface area contributed by atoms with Crippen molar-refractivity contribution in [1.29, 1.82) is 0 Å². The predicted molar refractivity (Wildman–Crippen MR) is 70.7 cm³/mol. The van der Waals surface area contributed by atoms with Crippen molar-refractivity contribution in [2.24, 2.45) is 0 Å². The Morgan fingerprint density at radius 1 is 1.00 bits per heavy atom. The van der Waals surface area contributed by atoms with Gasteiger partial charge in [-0.15, -0.1) is 0 Å². The van der Waals surface area contributed by atoms with Gasteiger partial charge >= 0.3 is 0 Å². The number of benzene rings is 2. The highest BCUT2D eigenvalue weighted by atomic mass is 79.9. The van der Waals surface area contributed by atoms with E-state index in [1.165, 1.54) is 5.56 Å².